The van der Waals surface area contributed by atoms with E-state index in [2.05, 4.69) is 0 Å². The highest BCUT2D eigenvalue weighted by Gasteiger charge is 2.46. The molecule has 9 heteroatoms. The van der Waals surface area contributed by atoms with E-state index in [1.165, 1.54) is 12.1 Å². The second-order valence-electron chi connectivity index (χ2n) is 8.03. The number of halogens is 4. The van der Waals surface area contributed by atoms with Crippen molar-refractivity contribution in [3.63, 3.8) is 0 Å². The van der Waals surface area contributed by atoms with Crippen LogP contribution in [0.25, 0.3) is 0 Å². The van der Waals surface area contributed by atoms with Crippen LogP contribution in [0.3, 0.4) is 0 Å². The fourth-order valence-electron chi connectivity index (χ4n) is 4.44. The van der Waals surface area contributed by atoms with E-state index in [-0.39, 0.29) is 22.4 Å². The molecule has 2 aliphatic rings. The Balaban J connectivity index is 1.51. The molecule has 2 saturated heterocycles. The van der Waals surface area contributed by atoms with E-state index in [1.54, 1.807) is 21.9 Å². The Bertz CT molecular complexity index is 1040. The van der Waals surface area contributed by atoms with E-state index in [1.807, 2.05) is 6.07 Å². The molecule has 2 aromatic rings. The first kappa shape index (κ1) is 23.3. The average molecular weight is 500 g/mol. The van der Waals surface area contributed by atoms with Gasteiger partial charge in [-0.05, 0) is 48.7 Å². The van der Waals surface area contributed by atoms with Gasteiger partial charge in [0.25, 0.3) is 5.91 Å². The summed E-state index contributed by atoms with van der Waals surface area (Å²) >= 11 is 18.6. The molecule has 0 bridgehead atoms. The van der Waals surface area contributed by atoms with Crippen molar-refractivity contribution >= 4 is 46.6 Å². The molecular formula is C23H22Cl3FN2O3. The number of nitrogens with zero attached hydrogens (tertiary/aromatic N) is 2. The van der Waals surface area contributed by atoms with Crippen molar-refractivity contribution in [2.24, 2.45) is 0 Å². The van der Waals surface area contributed by atoms with Crippen molar-refractivity contribution in [3.8, 4) is 0 Å². The van der Waals surface area contributed by atoms with Crippen molar-refractivity contribution in [2.45, 2.75) is 18.3 Å². The Kier molecular flexibility index (Phi) is 6.96. The zero-order valence-electron chi connectivity index (χ0n) is 17.3. The standard InChI is InChI=1S/C23H22Cl3FN2O3/c24-15-1-4-18(20(26)13-15)23(5-11-32-12-6-23)22(31)29-9-7-28(8-10-29)21(30)17-3-2-16(27)14-19(17)25/h1-4,13-14H,5-12H2. The van der Waals surface area contributed by atoms with Gasteiger partial charge in [-0.2, -0.15) is 0 Å². The maximum absolute atomic E-state index is 13.8. The van der Waals surface area contributed by atoms with Gasteiger partial charge < -0.3 is 14.5 Å². The van der Waals surface area contributed by atoms with E-state index < -0.39 is 11.2 Å². The molecule has 170 valence electrons. The van der Waals surface area contributed by atoms with Crippen LogP contribution >= 0.6 is 34.8 Å². The summed E-state index contributed by atoms with van der Waals surface area (Å²) in [4.78, 5) is 30.0. The second-order valence-corrected chi connectivity index (χ2v) is 9.28. The van der Waals surface area contributed by atoms with Crippen LogP contribution in [0.4, 0.5) is 4.39 Å². The molecule has 4 rings (SSSR count). The normalized spacial score (nSPS) is 18.5. The third-order valence-electron chi connectivity index (χ3n) is 6.22. The van der Waals surface area contributed by atoms with Crippen molar-refractivity contribution in [2.75, 3.05) is 39.4 Å². The third kappa shape index (κ3) is 4.46. The highest BCUT2D eigenvalue weighted by molar-refractivity contribution is 6.35. The maximum atomic E-state index is 13.8. The smallest absolute Gasteiger partial charge is 0.255 e. The number of benzene rings is 2. The molecule has 2 heterocycles. The molecule has 0 aromatic heterocycles. The van der Waals surface area contributed by atoms with Crippen molar-refractivity contribution < 1.29 is 18.7 Å². The molecule has 2 fully saturated rings. The molecule has 0 N–H and O–H groups in total. The minimum atomic E-state index is -0.785. The van der Waals surface area contributed by atoms with Crippen LogP contribution in [-0.4, -0.2) is 61.0 Å². The summed E-state index contributed by atoms with van der Waals surface area (Å²) in [6, 6.07) is 8.95. The SMILES string of the molecule is O=C(c1ccc(F)cc1Cl)N1CCN(C(=O)C2(c3ccc(Cl)cc3Cl)CCOCC2)CC1. The summed E-state index contributed by atoms with van der Waals surface area (Å²) < 4.78 is 18.8. The zero-order chi connectivity index (χ0) is 22.9. The first-order chi connectivity index (χ1) is 15.3. The predicted octanol–water partition coefficient (Wildman–Crippen LogP) is 4.82. The topological polar surface area (TPSA) is 49.9 Å². The van der Waals surface area contributed by atoms with Crippen molar-refractivity contribution in [3.05, 3.63) is 68.4 Å². The zero-order valence-corrected chi connectivity index (χ0v) is 19.5. The molecule has 0 unspecified atom stereocenters. The Morgan fingerprint density at radius 3 is 2.16 bits per heavy atom. The molecule has 2 amide bonds. The number of amides is 2. The number of hydrogen-bond donors (Lipinski definition) is 0. The summed E-state index contributed by atoms with van der Waals surface area (Å²) in [5.41, 5.74) is 0.224. The fraction of sp³-hybridized carbons (Fsp3) is 0.391. The predicted molar refractivity (Wildman–Crippen MR) is 122 cm³/mol. The molecule has 0 spiro atoms. The Labute approximate surface area is 201 Å². The van der Waals surface area contributed by atoms with Gasteiger partial charge in [-0.15, -0.1) is 0 Å². The van der Waals surface area contributed by atoms with Crippen molar-refractivity contribution in [1.82, 2.24) is 9.80 Å². The average Bonchev–Trinajstić information content (AvgIpc) is 2.79. The van der Waals surface area contributed by atoms with E-state index >= 15 is 0 Å². The Morgan fingerprint density at radius 2 is 1.53 bits per heavy atom. The summed E-state index contributed by atoms with van der Waals surface area (Å²) in [6.07, 6.45) is 1.05. The summed E-state index contributed by atoms with van der Waals surface area (Å²) in [5, 5.41) is 1.06. The molecule has 0 radical (unpaired) electrons. The molecule has 0 saturated carbocycles. The van der Waals surface area contributed by atoms with Crippen LogP contribution in [-0.2, 0) is 14.9 Å². The van der Waals surface area contributed by atoms with Crippen LogP contribution in [0, 0.1) is 5.82 Å². The lowest BCUT2D eigenvalue weighted by molar-refractivity contribution is -0.142. The second kappa shape index (κ2) is 9.56. The Hall–Kier alpha value is -1.86. The van der Waals surface area contributed by atoms with Crippen molar-refractivity contribution in [1.29, 1.82) is 0 Å². The number of carbonyl (C=O) groups is 2. The molecule has 2 aromatic carbocycles. The van der Waals surface area contributed by atoms with Crippen LogP contribution in [0.1, 0.15) is 28.8 Å². The van der Waals surface area contributed by atoms with Gasteiger partial charge in [-0.1, -0.05) is 40.9 Å². The molecule has 2 aliphatic heterocycles. The quantitative estimate of drug-likeness (QED) is 0.608. The van der Waals surface area contributed by atoms with Gasteiger partial charge in [0.15, 0.2) is 0 Å². The number of piperazine rings is 1. The number of carbonyl (C=O) groups excluding carboxylic acids is 2. The summed E-state index contributed by atoms with van der Waals surface area (Å²) in [5.74, 6) is -0.787. The lowest BCUT2D eigenvalue weighted by atomic mass is 9.72. The summed E-state index contributed by atoms with van der Waals surface area (Å²) in [7, 11) is 0. The van der Waals surface area contributed by atoms with Crippen LogP contribution in [0.2, 0.25) is 15.1 Å². The van der Waals surface area contributed by atoms with Gasteiger partial charge in [-0.3, -0.25) is 9.59 Å². The van der Waals surface area contributed by atoms with Crippen LogP contribution in [0.5, 0.6) is 0 Å². The van der Waals surface area contributed by atoms with Crippen LogP contribution in [0.15, 0.2) is 36.4 Å². The molecule has 0 aliphatic carbocycles. The van der Waals surface area contributed by atoms with Crippen LogP contribution < -0.4 is 0 Å². The monoisotopic (exact) mass is 498 g/mol. The van der Waals surface area contributed by atoms with Gasteiger partial charge in [0.05, 0.1) is 16.0 Å². The molecular weight excluding hydrogens is 478 g/mol. The lowest BCUT2D eigenvalue weighted by Crippen LogP contribution is -2.56. The van der Waals surface area contributed by atoms with Gasteiger partial charge >= 0.3 is 0 Å². The van der Waals surface area contributed by atoms with E-state index in [4.69, 9.17) is 39.5 Å². The number of hydrogen-bond acceptors (Lipinski definition) is 3. The number of ether oxygens (including phenoxy) is 1. The maximum Gasteiger partial charge on any atom is 0.255 e. The van der Waals surface area contributed by atoms with Gasteiger partial charge in [0, 0.05) is 49.4 Å². The van der Waals surface area contributed by atoms with E-state index in [0.717, 1.165) is 11.6 Å². The van der Waals surface area contributed by atoms with Gasteiger partial charge in [0.2, 0.25) is 5.91 Å². The Morgan fingerprint density at radius 1 is 0.875 bits per heavy atom. The highest BCUT2D eigenvalue weighted by Crippen LogP contribution is 2.41. The van der Waals surface area contributed by atoms with Gasteiger partial charge in [0.1, 0.15) is 5.82 Å². The minimum Gasteiger partial charge on any atom is -0.381 e. The van der Waals surface area contributed by atoms with E-state index in [0.29, 0.717) is 62.3 Å². The number of rotatable bonds is 3. The first-order valence-electron chi connectivity index (χ1n) is 10.4. The minimum absolute atomic E-state index is 0.0167. The lowest BCUT2D eigenvalue weighted by Gasteiger charge is -2.43. The molecule has 32 heavy (non-hydrogen) atoms. The fourth-order valence-corrected chi connectivity index (χ4v) is 5.28. The first-order valence-corrected chi connectivity index (χ1v) is 11.5. The largest absolute Gasteiger partial charge is 0.381 e. The van der Waals surface area contributed by atoms with Gasteiger partial charge in [-0.25, -0.2) is 4.39 Å². The van der Waals surface area contributed by atoms with E-state index in [9.17, 15) is 14.0 Å². The molecule has 0 atom stereocenters. The highest BCUT2D eigenvalue weighted by atomic mass is 35.5. The molecule has 5 nitrogen and oxygen atoms in total. The third-order valence-corrected chi connectivity index (χ3v) is 7.08. The summed E-state index contributed by atoms with van der Waals surface area (Å²) in [6.45, 7) is 2.42.